The lowest BCUT2D eigenvalue weighted by molar-refractivity contribution is 0.204. The van der Waals surface area contributed by atoms with Crippen molar-refractivity contribution in [2.24, 2.45) is 17.8 Å². The van der Waals surface area contributed by atoms with E-state index in [0.29, 0.717) is 12.7 Å². The first-order valence-corrected chi connectivity index (χ1v) is 19.4. The Morgan fingerprint density at radius 1 is 0.767 bits per heavy atom. The summed E-state index contributed by atoms with van der Waals surface area (Å²) in [6, 6.07) is 0.619. The minimum atomic E-state index is -1.67. The van der Waals surface area contributed by atoms with Gasteiger partial charge in [0.1, 0.15) is 0 Å². The molecule has 0 aromatic rings. The fraction of sp³-hybridized carbons (Fsp3) is 0.923. The van der Waals surface area contributed by atoms with E-state index in [0.717, 1.165) is 29.7 Å². The van der Waals surface area contributed by atoms with Crippen LogP contribution in [0.5, 0.6) is 0 Å². The topological polar surface area (TPSA) is 18.5 Å². The summed E-state index contributed by atoms with van der Waals surface area (Å²) in [5.74, 6) is 2.41. The molecule has 3 atom stereocenters. The quantitative estimate of drug-likeness (QED) is 0.160. The molecule has 0 radical (unpaired) electrons. The Labute approximate surface area is 194 Å². The fourth-order valence-electron chi connectivity index (χ4n) is 3.68. The second-order valence-electron chi connectivity index (χ2n) is 12.0. The van der Waals surface area contributed by atoms with Gasteiger partial charge in [0.05, 0.1) is 14.1 Å². The molecule has 180 valence electrons. The molecular formula is C26H56O2Si2. The van der Waals surface area contributed by atoms with Crippen LogP contribution in [0.1, 0.15) is 87.4 Å². The number of rotatable bonds is 17. The summed E-state index contributed by atoms with van der Waals surface area (Å²) in [5.41, 5.74) is 1.08. The van der Waals surface area contributed by atoms with Crippen LogP contribution in [-0.4, -0.2) is 29.3 Å². The maximum absolute atomic E-state index is 8.53. The van der Waals surface area contributed by atoms with Crippen molar-refractivity contribution >= 4 is 16.6 Å². The van der Waals surface area contributed by atoms with E-state index in [-0.39, 0.29) is 6.10 Å². The van der Waals surface area contributed by atoms with Gasteiger partial charge in [0, 0.05) is 0 Å². The largest absolute Gasteiger partial charge is 0.414 e. The molecule has 0 fully saturated rings. The molecule has 0 N–H and O–H groups in total. The average Bonchev–Trinajstić information content (AvgIpc) is 2.60. The zero-order chi connectivity index (χ0) is 24.2. The van der Waals surface area contributed by atoms with E-state index in [9.17, 15) is 0 Å². The highest BCUT2D eigenvalue weighted by Gasteiger charge is 2.23. The molecule has 0 heterocycles. The lowest BCUT2D eigenvalue weighted by Gasteiger charge is -2.28. The van der Waals surface area contributed by atoms with E-state index in [2.05, 4.69) is 73.9 Å². The Hall–Kier alpha value is 0.0938. The summed E-state index contributed by atoms with van der Waals surface area (Å²) in [5, 5.41) is 0. The van der Waals surface area contributed by atoms with Gasteiger partial charge in [0.25, 0.3) is 0 Å². The van der Waals surface area contributed by atoms with Crippen LogP contribution in [0.15, 0.2) is 11.6 Å². The summed E-state index contributed by atoms with van der Waals surface area (Å²) in [4.78, 5) is 0. The monoisotopic (exact) mass is 457 g/mol. The van der Waals surface area contributed by atoms with Gasteiger partial charge in [0.2, 0.25) is 0 Å². The SMILES string of the molecule is [2H]/C(CO[Si](C)(C)C)=C(\C)C(CCC(C)CCCC(C)CCCC(C)C)O[Si](C)(C)C. The summed E-state index contributed by atoms with van der Waals surface area (Å²) >= 11 is 0. The standard InChI is InChI=1S/C26H56O2Si2/c1-22(2)14-12-15-23(3)16-13-17-24(4)18-19-26(28-30(9,10)11)25(5)20-21-27-29(6,7)8/h20,22-24,26H,12-19,21H2,1-11H3/b25-20-/i20D. The smallest absolute Gasteiger partial charge is 0.184 e. The van der Waals surface area contributed by atoms with Crippen LogP contribution >= 0.6 is 0 Å². The highest BCUT2D eigenvalue weighted by atomic mass is 28.4. The molecule has 3 unspecified atom stereocenters. The summed E-state index contributed by atoms with van der Waals surface area (Å²) in [6.45, 7) is 25.3. The maximum atomic E-state index is 8.53. The molecule has 0 bridgehead atoms. The molecule has 0 aliphatic rings. The summed E-state index contributed by atoms with van der Waals surface area (Å²) in [6.07, 6.45) is 10.4. The predicted molar refractivity (Wildman–Crippen MR) is 141 cm³/mol. The zero-order valence-corrected chi connectivity index (χ0v) is 24.5. The van der Waals surface area contributed by atoms with Crippen molar-refractivity contribution in [1.82, 2.24) is 0 Å². The highest BCUT2D eigenvalue weighted by molar-refractivity contribution is 6.70. The second-order valence-corrected chi connectivity index (χ2v) is 21.0. The van der Waals surface area contributed by atoms with Gasteiger partial charge in [-0.3, -0.25) is 0 Å². The first kappa shape index (κ1) is 28.1. The number of hydrogen-bond donors (Lipinski definition) is 0. The predicted octanol–water partition coefficient (Wildman–Crippen LogP) is 9.05. The molecule has 2 nitrogen and oxygen atoms in total. The molecule has 30 heavy (non-hydrogen) atoms. The Balaban J connectivity index is 4.62. The molecule has 0 saturated carbocycles. The molecule has 0 aliphatic heterocycles. The van der Waals surface area contributed by atoms with E-state index < -0.39 is 16.6 Å². The van der Waals surface area contributed by atoms with Gasteiger partial charge in [0.15, 0.2) is 16.6 Å². The van der Waals surface area contributed by atoms with Crippen molar-refractivity contribution in [1.29, 1.82) is 0 Å². The van der Waals surface area contributed by atoms with E-state index in [4.69, 9.17) is 10.2 Å². The second kappa shape index (κ2) is 15.0. The third-order valence-corrected chi connectivity index (χ3v) is 7.63. The third kappa shape index (κ3) is 18.8. The highest BCUT2D eigenvalue weighted by Crippen LogP contribution is 2.25. The van der Waals surface area contributed by atoms with Crippen LogP contribution in [0.25, 0.3) is 0 Å². The lowest BCUT2D eigenvalue weighted by atomic mass is 9.91. The normalized spacial score (nSPS) is 17.5. The van der Waals surface area contributed by atoms with Crippen LogP contribution in [-0.2, 0) is 8.85 Å². The van der Waals surface area contributed by atoms with Crippen molar-refractivity contribution in [3.8, 4) is 0 Å². The van der Waals surface area contributed by atoms with Crippen LogP contribution in [0, 0.1) is 17.8 Å². The van der Waals surface area contributed by atoms with Gasteiger partial charge in [-0.2, -0.15) is 0 Å². The molecule has 0 aromatic heterocycles. The average molecular weight is 458 g/mol. The van der Waals surface area contributed by atoms with Crippen molar-refractivity contribution in [2.45, 2.75) is 131 Å². The molecule has 0 saturated heterocycles. The molecule has 0 aromatic carbocycles. The van der Waals surface area contributed by atoms with Crippen molar-refractivity contribution in [3.63, 3.8) is 0 Å². The molecule has 0 spiro atoms. The van der Waals surface area contributed by atoms with Crippen LogP contribution in [0.3, 0.4) is 0 Å². The Morgan fingerprint density at radius 2 is 1.27 bits per heavy atom. The van der Waals surface area contributed by atoms with Crippen LogP contribution < -0.4 is 0 Å². The van der Waals surface area contributed by atoms with Crippen LogP contribution in [0.4, 0.5) is 0 Å². The minimum absolute atomic E-state index is 0.0711. The van der Waals surface area contributed by atoms with Crippen molar-refractivity contribution < 1.29 is 10.2 Å². The molecule has 4 heteroatoms. The van der Waals surface area contributed by atoms with E-state index in [1.807, 2.05) is 0 Å². The minimum Gasteiger partial charge on any atom is -0.414 e. The first-order chi connectivity index (χ1) is 14.1. The van der Waals surface area contributed by atoms with Gasteiger partial charge in [-0.25, -0.2) is 0 Å². The lowest BCUT2D eigenvalue weighted by Crippen LogP contribution is -2.33. The molecule has 0 rings (SSSR count). The van der Waals surface area contributed by atoms with Gasteiger partial charge >= 0.3 is 0 Å². The third-order valence-electron chi connectivity index (χ3n) is 5.63. The van der Waals surface area contributed by atoms with Crippen LogP contribution in [0.2, 0.25) is 39.3 Å². The number of hydrogen-bond acceptors (Lipinski definition) is 2. The Bertz CT molecular complexity index is 507. The van der Waals surface area contributed by atoms with Gasteiger partial charge in [-0.1, -0.05) is 72.3 Å². The summed E-state index contributed by atoms with van der Waals surface area (Å²) in [7, 11) is -3.28. The fourth-order valence-corrected chi connectivity index (χ4v) is 5.34. The summed E-state index contributed by atoms with van der Waals surface area (Å²) < 4.78 is 21.0. The Morgan fingerprint density at radius 3 is 1.73 bits per heavy atom. The molecule has 0 amide bonds. The van der Waals surface area contributed by atoms with E-state index in [1.165, 1.54) is 44.9 Å². The first-order valence-electron chi connectivity index (χ1n) is 13.1. The molecular weight excluding hydrogens is 400 g/mol. The van der Waals surface area contributed by atoms with E-state index >= 15 is 0 Å². The van der Waals surface area contributed by atoms with Gasteiger partial charge in [-0.05, 0) is 82.4 Å². The van der Waals surface area contributed by atoms with Crippen molar-refractivity contribution in [3.05, 3.63) is 11.6 Å². The molecule has 0 aliphatic carbocycles. The van der Waals surface area contributed by atoms with Crippen molar-refractivity contribution in [2.75, 3.05) is 6.61 Å². The van der Waals surface area contributed by atoms with Gasteiger partial charge < -0.3 is 8.85 Å². The van der Waals surface area contributed by atoms with Gasteiger partial charge in [-0.15, -0.1) is 0 Å². The van der Waals surface area contributed by atoms with E-state index in [1.54, 1.807) is 0 Å². The maximum Gasteiger partial charge on any atom is 0.184 e. The Kier molecular flexibility index (Phi) is 14.1. The zero-order valence-electron chi connectivity index (χ0n) is 23.5.